The third-order valence-corrected chi connectivity index (χ3v) is 3.86. The summed E-state index contributed by atoms with van der Waals surface area (Å²) in [6, 6.07) is 2.22. The number of aliphatic hydroxyl groups excluding tert-OH is 1. The SMILES string of the molecule is CC(C)CNS(=O)(=O)c1cc(Cl)cc(CO)c1F. The smallest absolute Gasteiger partial charge is 0.243 e. The molecule has 0 radical (unpaired) electrons. The third-order valence-electron chi connectivity index (χ3n) is 2.22. The number of benzene rings is 1. The molecule has 0 saturated heterocycles. The maximum Gasteiger partial charge on any atom is 0.243 e. The number of hydrogen-bond donors (Lipinski definition) is 2. The lowest BCUT2D eigenvalue weighted by Crippen LogP contribution is -2.28. The van der Waals surface area contributed by atoms with Crippen LogP contribution in [0.3, 0.4) is 0 Å². The second kappa shape index (κ2) is 5.97. The molecule has 0 aliphatic rings. The Balaban J connectivity index is 3.20. The summed E-state index contributed by atoms with van der Waals surface area (Å²) in [6.45, 7) is 3.24. The molecule has 0 aliphatic heterocycles. The van der Waals surface area contributed by atoms with Crippen molar-refractivity contribution >= 4 is 21.6 Å². The van der Waals surface area contributed by atoms with E-state index in [-0.39, 0.29) is 23.0 Å². The van der Waals surface area contributed by atoms with Gasteiger partial charge in [-0.2, -0.15) is 0 Å². The van der Waals surface area contributed by atoms with Gasteiger partial charge >= 0.3 is 0 Å². The lowest BCUT2D eigenvalue weighted by atomic mass is 10.2. The normalized spacial score (nSPS) is 12.1. The molecule has 4 nitrogen and oxygen atoms in total. The summed E-state index contributed by atoms with van der Waals surface area (Å²) in [6.07, 6.45) is 0. The number of sulfonamides is 1. The van der Waals surface area contributed by atoms with Crippen molar-refractivity contribution in [1.29, 1.82) is 0 Å². The number of hydrogen-bond acceptors (Lipinski definition) is 3. The van der Waals surface area contributed by atoms with Gasteiger partial charge in [-0.3, -0.25) is 0 Å². The first-order valence-corrected chi connectivity index (χ1v) is 7.22. The molecule has 0 heterocycles. The average Bonchev–Trinajstić information content (AvgIpc) is 2.29. The molecule has 0 unspecified atom stereocenters. The predicted octanol–water partition coefficient (Wildman–Crippen LogP) is 1.91. The Hall–Kier alpha value is -0.690. The summed E-state index contributed by atoms with van der Waals surface area (Å²) in [5.41, 5.74) is -0.146. The molecule has 0 atom stereocenters. The predicted molar refractivity (Wildman–Crippen MR) is 67.4 cm³/mol. The zero-order valence-electron chi connectivity index (χ0n) is 10.1. The zero-order chi connectivity index (χ0) is 13.9. The largest absolute Gasteiger partial charge is 0.392 e. The quantitative estimate of drug-likeness (QED) is 0.872. The molecule has 1 aromatic carbocycles. The highest BCUT2D eigenvalue weighted by Crippen LogP contribution is 2.23. The van der Waals surface area contributed by atoms with E-state index in [1.54, 1.807) is 0 Å². The van der Waals surface area contributed by atoms with E-state index in [9.17, 15) is 12.8 Å². The van der Waals surface area contributed by atoms with Crippen LogP contribution in [-0.2, 0) is 16.6 Å². The first kappa shape index (κ1) is 15.4. The van der Waals surface area contributed by atoms with Crippen molar-refractivity contribution in [1.82, 2.24) is 4.72 Å². The summed E-state index contributed by atoms with van der Waals surface area (Å²) in [5, 5.41) is 9.00. The molecule has 0 bridgehead atoms. The molecule has 0 aromatic heterocycles. The van der Waals surface area contributed by atoms with E-state index in [1.165, 1.54) is 6.07 Å². The Labute approximate surface area is 111 Å². The molecule has 0 spiro atoms. The number of nitrogens with one attached hydrogen (secondary N) is 1. The van der Waals surface area contributed by atoms with Crippen molar-refractivity contribution in [2.45, 2.75) is 25.3 Å². The van der Waals surface area contributed by atoms with E-state index >= 15 is 0 Å². The fourth-order valence-electron chi connectivity index (χ4n) is 1.28. The molecular weight excluding hydrogens is 281 g/mol. The van der Waals surface area contributed by atoms with Gasteiger partial charge in [-0.05, 0) is 18.1 Å². The minimum Gasteiger partial charge on any atom is -0.392 e. The minimum atomic E-state index is -3.96. The maximum absolute atomic E-state index is 13.8. The summed E-state index contributed by atoms with van der Waals surface area (Å²) in [5.74, 6) is -0.877. The van der Waals surface area contributed by atoms with E-state index in [1.807, 2.05) is 13.8 Å². The monoisotopic (exact) mass is 295 g/mol. The van der Waals surface area contributed by atoms with Gasteiger partial charge in [-0.25, -0.2) is 17.5 Å². The van der Waals surface area contributed by atoms with Crippen LogP contribution >= 0.6 is 11.6 Å². The first-order valence-electron chi connectivity index (χ1n) is 5.36. The number of rotatable bonds is 5. The van der Waals surface area contributed by atoms with Gasteiger partial charge in [0, 0.05) is 17.1 Å². The van der Waals surface area contributed by atoms with Gasteiger partial charge in [0.2, 0.25) is 10.0 Å². The van der Waals surface area contributed by atoms with Crippen LogP contribution in [0.1, 0.15) is 19.4 Å². The van der Waals surface area contributed by atoms with E-state index < -0.39 is 27.3 Å². The molecule has 0 aliphatic carbocycles. The van der Waals surface area contributed by atoms with Gasteiger partial charge in [0.15, 0.2) is 0 Å². The fraction of sp³-hybridized carbons (Fsp3) is 0.455. The van der Waals surface area contributed by atoms with Crippen molar-refractivity contribution in [2.24, 2.45) is 5.92 Å². The van der Waals surface area contributed by atoms with Gasteiger partial charge < -0.3 is 5.11 Å². The van der Waals surface area contributed by atoms with Gasteiger partial charge in [0.05, 0.1) is 6.61 Å². The summed E-state index contributed by atoms with van der Waals surface area (Å²) < 4.78 is 39.9. The van der Waals surface area contributed by atoms with Crippen LogP contribution in [0.5, 0.6) is 0 Å². The van der Waals surface area contributed by atoms with Crippen molar-refractivity contribution in [3.05, 3.63) is 28.5 Å². The van der Waals surface area contributed by atoms with Crippen molar-refractivity contribution in [2.75, 3.05) is 6.54 Å². The van der Waals surface area contributed by atoms with E-state index in [0.717, 1.165) is 6.07 Å². The molecule has 0 saturated carbocycles. The molecule has 1 aromatic rings. The highest BCUT2D eigenvalue weighted by molar-refractivity contribution is 7.89. The van der Waals surface area contributed by atoms with Crippen LogP contribution in [0.15, 0.2) is 17.0 Å². The Morgan fingerprint density at radius 3 is 2.56 bits per heavy atom. The molecule has 102 valence electrons. The average molecular weight is 296 g/mol. The summed E-state index contributed by atoms with van der Waals surface area (Å²) in [4.78, 5) is -0.542. The Bertz CT molecular complexity index is 531. The van der Waals surface area contributed by atoms with Crippen LogP contribution in [0.4, 0.5) is 4.39 Å². The fourth-order valence-corrected chi connectivity index (χ4v) is 2.95. The van der Waals surface area contributed by atoms with Crippen molar-refractivity contribution in [3.8, 4) is 0 Å². The highest BCUT2D eigenvalue weighted by atomic mass is 35.5. The maximum atomic E-state index is 13.8. The van der Waals surface area contributed by atoms with Crippen molar-refractivity contribution < 1.29 is 17.9 Å². The molecule has 2 N–H and O–H groups in total. The molecule has 0 amide bonds. The zero-order valence-corrected chi connectivity index (χ0v) is 11.6. The second-order valence-corrected chi connectivity index (χ2v) is 6.45. The lowest BCUT2D eigenvalue weighted by molar-refractivity contribution is 0.274. The van der Waals surface area contributed by atoms with E-state index in [0.29, 0.717) is 0 Å². The molecule has 18 heavy (non-hydrogen) atoms. The second-order valence-electron chi connectivity index (χ2n) is 4.28. The topological polar surface area (TPSA) is 66.4 Å². The molecular formula is C11H15ClFNO3S. The van der Waals surface area contributed by atoms with Crippen LogP contribution in [0.25, 0.3) is 0 Å². The van der Waals surface area contributed by atoms with E-state index in [2.05, 4.69) is 4.72 Å². The van der Waals surface area contributed by atoms with Crippen molar-refractivity contribution in [3.63, 3.8) is 0 Å². The van der Waals surface area contributed by atoms with Gasteiger partial charge in [-0.15, -0.1) is 0 Å². The van der Waals surface area contributed by atoms with Gasteiger partial charge in [-0.1, -0.05) is 25.4 Å². The first-order chi connectivity index (χ1) is 8.27. The Kier molecular flexibility index (Phi) is 5.10. The van der Waals surface area contributed by atoms with Crippen LogP contribution in [-0.4, -0.2) is 20.1 Å². The standard InChI is InChI=1S/C11H15ClFNO3S/c1-7(2)5-14-18(16,17)10-4-9(12)3-8(6-15)11(10)13/h3-4,7,14-15H,5-6H2,1-2H3. The van der Waals surface area contributed by atoms with Crippen LogP contribution < -0.4 is 4.72 Å². The minimum absolute atomic E-state index is 0.0605. The van der Waals surface area contributed by atoms with Gasteiger partial charge in [0.25, 0.3) is 0 Å². The van der Waals surface area contributed by atoms with Crippen LogP contribution in [0, 0.1) is 11.7 Å². The number of halogens is 2. The lowest BCUT2D eigenvalue weighted by Gasteiger charge is -2.11. The summed E-state index contributed by atoms with van der Waals surface area (Å²) >= 11 is 5.70. The van der Waals surface area contributed by atoms with Gasteiger partial charge in [0.1, 0.15) is 10.7 Å². The summed E-state index contributed by atoms with van der Waals surface area (Å²) in [7, 11) is -3.96. The van der Waals surface area contributed by atoms with Crippen LogP contribution in [0.2, 0.25) is 5.02 Å². The number of aliphatic hydroxyl groups is 1. The molecule has 7 heteroatoms. The molecule has 1 rings (SSSR count). The third kappa shape index (κ3) is 3.65. The molecule has 0 fully saturated rings. The Morgan fingerprint density at radius 1 is 1.44 bits per heavy atom. The Morgan fingerprint density at radius 2 is 2.06 bits per heavy atom. The van der Waals surface area contributed by atoms with E-state index in [4.69, 9.17) is 16.7 Å². The highest BCUT2D eigenvalue weighted by Gasteiger charge is 2.22.